The Hall–Kier alpha value is -2.28. The van der Waals surface area contributed by atoms with Gasteiger partial charge in [-0.25, -0.2) is 0 Å². The van der Waals surface area contributed by atoms with Gasteiger partial charge in [0, 0.05) is 30.3 Å². The van der Waals surface area contributed by atoms with E-state index in [1.54, 1.807) is 23.1 Å². The van der Waals surface area contributed by atoms with Crippen LogP contribution in [0.1, 0.15) is 32.6 Å². The van der Waals surface area contributed by atoms with Crippen molar-refractivity contribution in [1.82, 2.24) is 4.90 Å². The number of carbonyl (C=O) groups excluding carboxylic acids is 2. The van der Waals surface area contributed by atoms with Gasteiger partial charge in [0.05, 0.1) is 6.54 Å². The number of hydrogen-bond donors (Lipinski definition) is 2. The molecule has 1 aromatic rings. The van der Waals surface area contributed by atoms with Crippen molar-refractivity contribution >= 4 is 17.5 Å². The smallest absolute Gasteiger partial charge is 0.243 e. The third-order valence-electron chi connectivity index (χ3n) is 4.92. The zero-order valence-corrected chi connectivity index (χ0v) is 15.2. The number of carbonyl (C=O) groups is 2. The molecule has 1 saturated carbocycles. The lowest BCUT2D eigenvalue weighted by atomic mass is 9.85. The molecule has 1 aliphatic carbocycles. The highest BCUT2D eigenvalue weighted by Crippen LogP contribution is 2.32. The zero-order chi connectivity index (χ0) is 18.5. The Morgan fingerprint density at radius 1 is 1.23 bits per heavy atom. The van der Waals surface area contributed by atoms with Gasteiger partial charge in [-0.15, -0.1) is 0 Å². The first-order valence-electron chi connectivity index (χ1n) is 9.30. The number of ether oxygens (including phenoxy) is 2. The van der Waals surface area contributed by atoms with Crippen LogP contribution in [0, 0.1) is 5.92 Å². The van der Waals surface area contributed by atoms with Crippen molar-refractivity contribution in [3.63, 3.8) is 0 Å². The van der Waals surface area contributed by atoms with Crippen molar-refractivity contribution in [3.8, 4) is 11.5 Å². The molecule has 0 saturated heterocycles. The summed E-state index contributed by atoms with van der Waals surface area (Å²) < 4.78 is 11.0. The van der Waals surface area contributed by atoms with Gasteiger partial charge < -0.3 is 25.4 Å². The van der Waals surface area contributed by atoms with E-state index < -0.39 is 0 Å². The Balaban J connectivity index is 1.58. The average molecular weight is 361 g/mol. The molecular formula is C19H27N3O4. The van der Waals surface area contributed by atoms with E-state index in [1.165, 1.54) is 0 Å². The lowest BCUT2D eigenvalue weighted by molar-refractivity contribution is -0.139. The maximum absolute atomic E-state index is 12.7. The van der Waals surface area contributed by atoms with Crippen LogP contribution >= 0.6 is 0 Å². The van der Waals surface area contributed by atoms with E-state index in [-0.39, 0.29) is 30.3 Å². The molecule has 0 spiro atoms. The zero-order valence-electron chi connectivity index (χ0n) is 15.2. The molecule has 7 nitrogen and oxygen atoms in total. The number of hydrogen-bond acceptors (Lipinski definition) is 5. The minimum absolute atomic E-state index is 0.0278. The van der Waals surface area contributed by atoms with Crippen molar-refractivity contribution in [2.75, 3.05) is 31.6 Å². The number of fused-ring (bicyclic) bond motifs is 1. The predicted octanol–water partition coefficient (Wildman–Crippen LogP) is 1.76. The maximum Gasteiger partial charge on any atom is 0.243 e. The minimum atomic E-state index is -0.225. The van der Waals surface area contributed by atoms with Gasteiger partial charge in [0.2, 0.25) is 11.8 Å². The summed E-state index contributed by atoms with van der Waals surface area (Å²) in [6.07, 6.45) is 3.50. The van der Waals surface area contributed by atoms with Gasteiger partial charge in [-0.1, -0.05) is 6.42 Å². The predicted molar refractivity (Wildman–Crippen MR) is 98.2 cm³/mol. The van der Waals surface area contributed by atoms with E-state index in [2.05, 4.69) is 5.32 Å². The second-order valence-electron chi connectivity index (χ2n) is 6.88. The van der Waals surface area contributed by atoms with Gasteiger partial charge in [0.25, 0.3) is 0 Å². The Labute approximate surface area is 153 Å². The van der Waals surface area contributed by atoms with Crippen molar-refractivity contribution in [3.05, 3.63) is 18.2 Å². The molecule has 0 radical (unpaired) electrons. The number of benzene rings is 1. The first-order chi connectivity index (χ1) is 12.6. The summed E-state index contributed by atoms with van der Waals surface area (Å²) in [4.78, 5) is 26.7. The Morgan fingerprint density at radius 3 is 2.73 bits per heavy atom. The Bertz CT molecular complexity index is 664. The first-order valence-corrected chi connectivity index (χ1v) is 9.30. The fourth-order valence-corrected chi connectivity index (χ4v) is 3.55. The standard InChI is InChI=1S/C19H27N3O4/c1-2-22(19(24)13-4-3-5-14(20)10-13)12-18(23)21-15-6-7-16-17(11-15)26-9-8-25-16/h6-7,11,13-14H,2-5,8-10,12,20H2,1H3,(H,21,23). The number of amides is 2. The van der Waals surface area contributed by atoms with Gasteiger partial charge in [-0.05, 0) is 38.3 Å². The van der Waals surface area contributed by atoms with E-state index in [0.717, 1.165) is 19.3 Å². The topological polar surface area (TPSA) is 93.9 Å². The summed E-state index contributed by atoms with van der Waals surface area (Å²) in [5.74, 6) is 1.03. The molecule has 0 bridgehead atoms. The Morgan fingerprint density at radius 2 is 2.00 bits per heavy atom. The van der Waals surface area contributed by atoms with Gasteiger partial charge in [0.15, 0.2) is 11.5 Å². The van der Waals surface area contributed by atoms with Crippen molar-refractivity contribution in [2.24, 2.45) is 11.7 Å². The second kappa shape index (κ2) is 8.40. The first kappa shape index (κ1) is 18.5. The molecule has 2 unspecified atom stereocenters. The largest absolute Gasteiger partial charge is 0.486 e. The number of nitrogens with zero attached hydrogens (tertiary/aromatic N) is 1. The van der Waals surface area contributed by atoms with Crippen LogP contribution in [0.2, 0.25) is 0 Å². The number of anilines is 1. The van der Waals surface area contributed by atoms with Crippen LogP contribution in [-0.4, -0.2) is 49.1 Å². The third-order valence-corrected chi connectivity index (χ3v) is 4.92. The van der Waals surface area contributed by atoms with E-state index in [4.69, 9.17) is 15.2 Å². The molecule has 2 atom stereocenters. The van der Waals surface area contributed by atoms with Gasteiger partial charge in [-0.3, -0.25) is 9.59 Å². The van der Waals surface area contributed by atoms with E-state index >= 15 is 0 Å². The van der Waals surface area contributed by atoms with Crippen LogP contribution in [0.25, 0.3) is 0 Å². The van der Waals surface area contributed by atoms with Crippen LogP contribution in [0.3, 0.4) is 0 Å². The molecule has 26 heavy (non-hydrogen) atoms. The molecule has 1 heterocycles. The van der Waals surface area contributed by atoms with Crippen LogP contribution < -0.4 is 20.5 Å². The quantitative estimate of drug-likeness (QED) is 0.833. The SMILES string of the molecule is CCN(CC(=O)Nc1ccc2c(c1)OCCO2)C(=O)C1CCCC(N)C1. The second-order valence-corrected chi connectivity index (χ2v) is 6.88. The number of likely N-dealkylation sites (N-methyl/N-ethyl adjacent to an activating group) is 1. The molecule has 2 amide bonds. The normalized spacial score (nSPS) is 21.8. The summed E-state index contributed by atoms with van der Waals surface area (Å²) >= 11 is 0. The van der Waals surface area contributed by atoms with Gasteiger partial charge in [0.1, 0.15) is 13.2 Å². The van der Waals surface area contributed by atoms with Crippen molar-refractivity contribution in [2.45, 2.75) is 38.6 Å². The lowest BCUT2D eigenvalue weighted by Gasteiger charge is -2.30. The molecular weight excluding hydrogens is 334 g/mol. The van der Waals surface area contributed by atoms with Crippen molar-refractivity contribution in [1.29, 1.82) is 0 Å². The summed E-state index contributed by atoms with van der Waals surface area (Å²) in [5, 5.41) is 2.83. The summed E-state index contributed by atoms with van der Waals surface area (Å²) in [6, 6.07) is 5.37. The molecule has 0 aromatic heterocycles. The molecule has 142 valence electrons. The molecule has 7 heteroatoms. The highest BCUT2D eigenvalue weighted by Gasteiger charge is 2.29. The van der Waals surface area contributed by atoms with E-state index in [1.807, 2.05) is 6.92 Å². The molecule has 1 aliphatic heterocycles. The molecule has 1 aromatic carbocycles. The highest BCUT2D eigenvalue weighted by atomic mass is 16.6. The average Bonchev–Trinajstić information content (AvgIpc) is 2.65. The molecule has 3 rings (SSSR count). The fourth-order valence-electron chi connectivity index (χ4n) is 3.55. The molecule has 2 aliphatic rings. The van der Waals surface area contributed by atoms with Gasteiger partial charge >= 0.3 is 0 Å². The van der Waals surface area contributed by atoms with Crippen LogP contribution in [0.15, 0.2) is 18.2 Å². The molecule has 3 N–H and O–H groups in total. The van der Waals surface area contributed by atoms with E-state index in [9.17, 15) is 9.59 Å². The monoisotopic (exact) mass is 361 g/mol. The molecule has 1 fully saturated rings. The Kier molecular flexibility index (Phi) is 5.98. The lowest BCUT2D eigenvalue weighted by Crippen LogP contribution is -2.43. The summed E-state index contributed by atoms with van der Waals surface area (Å²) in [5.41, 5.74) is 6.62. The van der Waals surface area contributed by atoms with Crippen LogP contribution in [-0.2, 0) is 9.59 Å². The maximum atomic E-state index is 12.7. The third kappa shape index (κ3) is 4.46. The minimum Gasteiger partial charge on any atom is -0.486 e. The highest BCUT2D eigenvalue weighted by molar-refractivity contribution is 5.95. The summed E-state index contributed by atoms with van der Waals surface area (Å²) in [6.45, 7) is 3.44. The number of nitrogens with two attached hydrogens (primary N) is 1. The summed E-state index contributed by atoms with van der Waals surface area (Å²) in [7, 11) is 0. The number of nitrogens with one attached hydrogen (secondary N) is 1. The number of rotatable bonds is 5. The van der Waals surface area contributed by atoms with Crippen LogP contribution in [0.4, 0.5) is 5.69 Å². The fraction of sp³-hybridized carbons (Fsp3) is 0.579. The van der Waals surface area contributed by atoms with E-state index in [0.29, 0.717) is 43.4 Å². The van der Waals surface area contributed by atoms with Gasteiger partial charge in [-0.2, -0.15) is 0 Å². The van der Waals surface area contributed by atoms with Crippen molar-refractivity contribution < 1.29 is 19.1 Å². The van der Waals surface area contributed by atoms with Crippen LogP contribution in [0.5, 0.6) is 11.5 Å².